The molecule has 108 valence electrons. The summed E-state index contributed by atoms with van der Waals surface area (Å²) in [5.74, 6) is 0.909. The van der Waals surface area contributed by atoms with Crippen molar-refractivity contribution in [2.75, 3.05) is 7.11 Å². The summed E-state index contributed by atoms with van der Waals surface area (Å²) in [4.78, 5) is 11.4. The van der Waals surface area contributed by atoms with Gasteiger partial charge in [0.25, 0.3) is 0 Å². The highest BCUT2D eigenvalue weighted by molar-refractivity contribution is 5.69. The summed E-state index contributed by atoms with van der Waals surface area (Å²) in [5.41, 5.74) is 3.00. The van der Waals surface area contributed by atoms with Crippen molar-refractivity contribution in [1.29, 1.82) is 0 Å². The predicted molar refractivity (Wildman–Crippen MR) is 79.8 cm³/mol. The molecule has 0 amide bonds. The van der Waals surface area contributed by atoms with E-state index in [4.69, 9.17) is 4.74 Å². The Kier molecular flexibility index (Phi) is 5.39. The topological polar surface area (TPSA) is 26.3 Å². The summed E-state index contributed by atoms with van der Waals surface area (Å²) in [6.07, 6.45) is 5.81. The van der Waals surface area contributed by atoms with Crippen LogP contribution in [0.15, 0.2) is 23.8 Å². The van der Waals surface area contributed by atoms with Crippen LogP contribution in [-0.4, -0.2) is 13.1 Å². The van der Waals surface area contributed by atoms with E-state index in [-0.39, 0.29) is 11.4 Å². The van der Waals surface area contributed by atoms with Crippen LogP contribution in [0.25, 0.3) is 0 Å². The van der Waals surface area contributed by atoms with Gasteiger partial charge >= 0.3 is 5.97 Å². The summed E-state index contributed by atoms with van der Waals surface area (Å²) < 4.78 is 4.78. The molecule has 19 heavy (non-hydrogen) atoms. The highest BCUT2D eigenvalue weighted by atomic mass is 16.5. The average molecular weight is 264 g/mol. The van der Waals surface area contributed by atoms with Crippen molar-refractivity contribution in [2.45, 2.75) is 53.4 Å². The zero-order valence-electron chi connectivity index (χ0n) is 13.1. The van der Waals surface area contributed by atoms with Gasteiger partial charge in [-0.1, -0.05) is 31.1 Å². The maximum absolute atomic E-state index is 11.4. The third kappa shape index (κ3) is 3.29. The van der Waals surface area contributed by atoms with Crippen molar-refractivity contribution in [3.05, 3.63) is 23.8 Å². The maximum Gasteiger partial charge on any atom is 0.305 e. The Morgan fingerprint density at radius 3 is 2.63 bits per heavy atom. The van der Waals surface area contributed by atoms with Gasteiger partial charge < -0.3 is 4.74 Å². The lowest BCUT2D eigenvalue weighted by Crippen LogP contribution is -2.38. The molecule has 1 rings (SSSR count). The number of carbonyl (C=O) groups is 1. The molecule has 0 spiro atoms. The van der Waals surface area contributed by atoms with Crippen LogP contribution in [0.4, 0.5) is 0 Å². The monoisotopic (exact) mass is 264 g/mol. The summed E-state index contributed by atoms with van der Waals surface area (Å²) in [6, 6.07) is 0. The quantitative estimate of drug-likeness (QED) is 0.551. The number of hydrogen-bond acceptors (Lipinski definition) is 2. The molecule has 0 bridgehead atoms. The van der Waals surface area contributed by atoms with Crippen molar-refractivity contribution in [2.24, 2.45) is 17.3 Å². The molecule has 0 unspecified atom stereocenters. The third-order valence-corrected chi connectivity index (χ3v) is 5.03. The van der Waals surface area contributed by atoms with Crippen LogP contribution in [0.3, 0.4) is 0 Å². The summed E-state index contributed by atoms with van der Waals surface area (Å²) >= 11 is 0. The molecule has 1 fully saturated rings. The lowest BCUT2D eigenvalue weighted by atomic mass is 9.58. The molecule has 0 aromatic rings. The Labute approximate surface area is 117 Å². The first-order valence-electron chi connectivity index (χ1n) is 7.23. The standard InChI is InChI=1S/C17H28O2/c1-7-17(5)13(4)8-9-14(12(2)3)15(17)10-11-16(18)19-6/h7,13,15H,1,8-11H2,2-6H3/t13-,15-,17-/m1/s1. The number of methoxy groups -OCH3 is 1. The Morgan fingerprint density at radius 2 is 2.16 bits per heavy atom. The molecule has 2 nitrogen and oxygen atoms in total. The van der Waals surface area contributed by atoms with Gasteiger partial charge in [-0.25, -0.2) is 0 Å². The molecule has 1 saturated carbocycles. The Morgan fingerprint density at radius 1 is 1.53 bits per heavy atom. The van der Waals surface area contributed by atoms with Crippen molar-refractivity contribution in [3.8, 4) is 0 Å². The van der Waals surface area contributed by atoms with Crippen molar-refractivity contribution < 1.29 is 9.53 Å². The van der Waals surface area contributed by atoms with E-state index in [1.54, 1.807) is 0 Å². The Hall–Kier alpha value is -1.05. The minimum Gasteiger partial charge on any atom is -0.469 e. The normalized spacial score (nSPS) is 30.9. The van der Waals surface area contributed by atoms with Crippen LogP contribution >= 0.6 is 0 Å². The highest BCUT2D eigenvalue weighted by Crippen LogP contribution is 2.51. The van der Waals surface area contributed by atoms with Crippen LogP contribution in [0, 0.1) is 17.3 Å². The number of hydrogen-bond donors (Lipinski definition) is 0. The van der Waals surface area contributed by atoms with E-state index >= 15 is 0 Å². The van der Waals surface area contributed by atoms with Gasteiger partial charge in [0.15, 0.2) is 0 Å². The largest absolute Gasteiger partial charge is 0.469 e. The van der Waals surface area contributed by atoms with E-state index in [0.29, 0.717) is 18.3 Å². The third-order valence-electron chi connectivity index (χ3n) is 5.03. The fourth-order valence-electron chi connectivity index (χ4n) is 3.37. The van der Waals surface area contributed by atoms with E-state index in [0.717, 1.165) is 12.8 Å². The zero-order valence-corrected chi connectivity index (χ0v) is 13.1. The Bertz CT molecular complexity index is 377. The van der Waals surface area contributed by atoms with E-state index < -0.39 is 0 Å². The fourth-order valence-corrected chi connectivity index (χ4v) is 3.37. The van der Waals surface area contributed by atoms with Gasteiger partial charge in [0.2, 0.25) is 0 Å². The number of rotatable bonds is 4. The lowest BCUT2D eigenvalue weighted by Gasteiger charge is -2.46. The van der Waals surface area contributed by atoms with Gasteiger partial charge in [-0.3, -0.25) is 4.79 Å². The second-order valence-electron chi connectivity index (χ2n) is 6.20. The highest BCUT2D eigenvalue weighted by Gasteiger charge is 2.42. The molecule has 0 aliphatic heterocycles. The Balaban J connectivity index is 3.02. The van der Waals surface area contributed by atoms with Crippen LogP contribution in [-0.2, 0) is 9.53 Å². The molecule has 0 heterocycles. The minimum absolute atomic E-state index is 0.0822. The first-order chi connectivity index (χ1) is 8.86. The summed E-state index contributed by atoms with van der Waals surface area (Å²) in [7, 11) is 1.46. The summed E-state index contributed by atoms with van der Waals surface area (Å²) in [5, 5.41) is 0. The van der Waals surface area contributed by atoms with Crippen LogP contribution in [0.5, 0.6) is 0 Å². The van der Waals surface area contributed by atoms with E-state index in [1.807, 2.05) is 0 Å². The van der Waals surface area contributed by atoms with Crippen LogP contribution in [0.1, 0.15) is 53.4 Å². The molecular formula is C17H28O2. The van der Waals surface area contributed by atoms with Gasteiger partial charge in [0.05, 0.1) is 7.11 Å². The first-order valence-corrected chi connectivity index (χ1v) is 7.23. The van der Waals surface area contributed by atoms with E-state index in [1.165, 1.54) is 24.7 Å². The number of carbonyl (C=O) groups excluding carboxylic acids is 1. The molecule has 0 radical (unpaired) electrons. The van der Waals surface area contributed by atoms with Gasteiger partial charge in [0, 0.05) is 6.42 Å². The first kappa shape index (κ1) is 16.0. The maximum atomic E-state index is 11.4. The number of allylic oxidation sites excluding steroid dienone is 3. The smallest absolute Gasteiger partial charge is 0.305 e. The molecule has 0 aromatic heterocycles. The molecule has 0 aromatic carbocycles. The molecule has 0 N–H and O–H groups in total. The van der Waals surface area contributed by atoms with E-state index in [9.17, 15) is 4.79 Å². The van der Waals surface area contributed by atoms with Crippen molar-refractivity contribution in [3.63, 3.8) is 0 Å². The lowest BCUT2D eigenvalue weighted by molar-refractivity contribution is -0.141. The minimum atomic E-state index is -0.113. The second kappa shape index (κ2) is 6.40. The average Bonchev–Trinajstić information content (AvgIpc) is 2.39. The molecule has 0 saturated heterocycles. The molecule has 1 aliphatic carbocycles. The van der Waals surface area contributed by atoms with E-state index in [2.05, 4.69) is 40.3 Å². The summed E-state index contributed by atoms with van der Waals surface area (Å²) in [6.45, 7) is 13.0. The van der Waals surface area contributed by atoms with Gasteiger partial charge in [-0.2, -0.15) is 0 Å². The molecule has 3 atom stereocenters. The molecule has 1 aliphatic rings. The predicted octanol–water partition coefficient (Wildman–Crippen LogP) is 4.51. The van der Waals surface area contributed by atoms with Crippen molar-refractivity contribution in [1.82, 2.24) is 0 Å². The number of ether oxygens (including phenoxy) is 1. The van der Waals surface area contributed by atoms with Gasteiger partial charge in [-0.05, 0) is 50.4 Å². The van der Waals surface area contributed by atoms with Crippen LogP contribution in [0.2, 0.25) is 0 Å². The fraction of sp³-hybridized carbons (Fsp3) is 0.706. The van der Waals surface area contributed by atoms with Crippen molar-refractivity contribution >= 4 is 5.97 Å². The van der Waals surface area contributed by atoms with Gasteiger partial charge in [0.1, 0.15) is 0 Å². The molecule has 2 heteroatoms. The van der Waals surface area contributed by atoms with Crippen LogP contribution < -0.4 is 0 Å². The number of esters is 1. The zero-order chi connectivity index (χ0) is 14.6. The van der Waals surface area contributed by atoms with Gasteiger partial charge in [-0.15, -0.1) is 6.58 Å². The molecular weight excluding hydrogens is 236 g/mol. The second-order valence-corrected chi connectivity index (χ2v) is 6.20. The SMILES string of the molecule is C=C[C@]1(C)[C@H](C)CCC(=C(C)C)[C@H]1CCC(=O)OC.